The van der Waals surface area contributed by atoms with Crippen molar-refractivity contribution in [2.24, 2.45) is 0 Å². The summed E-state index contributed by atoms with van der Waals surface area (Å²) in [7, 11) is 0. The van der Waals surface area contributed by atoms with Crippen molar-refractivity contribution in [1.82, 2.24) is 5.32 Å². The van der Waals surface area contributed by atoms with E-state index in [1.54, 1.807) is 0 Å². The monoisotopic (exact) mass is 223 g/mol. The molecule has 0 aromatic carbocycles. The molecule has 16 heavy (non-hydrogen) atoms. The second-order valence-electron chi connectivity index (χ2n) is 4.21. The van der Waals surface area contributed by atoms with E-state index in [0.717, 1.165) is 19.3 Å². The molecule has 0 aliphatic carbocycles. The van der Waals surface area contributed by atoms with Gasteiger partial charge in [0.25, 0.3) is 0 Å². The van der Waals surface area contributed by atoms with Gasteiger partial charge in [-0.3, -0.25) is 4.79 Å². The number of terminal acetylenes is 1. The Morgan fingerprint density at radius 3 is 2.38 bits per heavy atom. The minimum Gasteiger partial charge on any atom is -0.342 e. The highest BCUT2D eigenvalue weighted by atomic mass is 16.1. The van der Waals surface area contributed by atoms with Gasteiger partial charge in [0.2, 0.25) is 5.91 Å². The summed E-state index contributed by atoms with van der Waals surface area (Å²) in [6, 6.07) is -0.0902. The van der Waals surface area contributed by atoms with E-state index in [0.29, 0.717) is 6.42 Å². The molecular formula is C14H25NO. The SMILES string of the molecule is C#CC(CC)NC(=O)CCCCCCCC. The molecule has 1 unspecified atom stereocenters. The first-order chi connectivity index (χ1) is 7.74. The van der Waals surface area contributed by atoms with Crippen molar-refractivity contribution >= 4 is 5.91 Å². The number of carbonyl (C=O) groups is 1. The van der Waals surface area contributed by atoms with Gasteiger partial charge in [-0.1, -0.05) is 51.9 Å². The number of unbranched alkanes of at least 4 members (excludes halogenated alkanes) is 5. The molecule has 0 fully saturated rings. The number of rotatable bonds is 9. The van der Waals surface area contributed by atoms with Gasteiger partial charge in [0, 0.05) is 6.42 Å². The summed E-state index contributed by atoms with van der Waals surface area (Å²) < 4.78 is 0. The quantitative estimate of drug-likeness (QED) is 0.472. The summed E-state index contributed by atoms with van der Waals surface area (Å²) in [5.74, 6) is 2.67. The zero-order chi connectivity index (χ0) is 12.2. The van der Waals surface area contributed by atoms with Crippen LogP contribution in [0.15, 0.2) is 0 Å². The molecule has 1 atom stereocenters. The lowest BCUT2D eigenvalue weighted by Gasteiger charge is -2.10. The van der Waals surface area contributed by atoms with Crippen molar-refractivity contribution in [1.29, 1.82) is 0 Å². The Bertz CT molecular complexity index is 217. The van der Waals surface area contributed by atoms with Crippen LogP contribution < -0.4 is 5.32 Å². The third kappa shape index (κ3) is 8.35. The Labute approximate surface area is 100 Å². The van der Waals surface area contributed by atoms with Crippen LogP contribution in [0.5, 0.6) is 0 Å². The van der Waals surface area contributed by atoms with Crippen molar-refractivity contribution in [3.63, 3.8) is 0 Å². The summed E-state index contributed by atoms with van der Waals surface area (Å²) in [6.07, 6.45) is 13.9. The van der Waals surface area contributed by atoms with Crippen LogP contribution in [0.4, 0.5) is 0 Å². The minimum absolute atomic E-state index is 0.0902. The molecule has 0 radical (unpaired) electrons. The topological polar surface area (TPSA) is 29.1 Å². The number of nitrogens with one attached hydrogen (secondary N) is 1. The van der Waals surface area contributed by atoms with Gasteiger partial charge in [-0.2, -0.15) is 0 Å². The van der Waals surface area contributed by atoms with Crippen LogP contribution in [0, 0.1) is 12.3 Å². The molecule has 0 aromatic rings. The van der Waals surface area contributed by atoms with Gasteiger partial charge in [-0.05, 0) is 12.8 Å². The van der Waals surface area contributed by atoms with Gasteiger partial charge in [0.05, 0.1) is 6.04 Å². The lowest BCUT2D eigenvalue weighted by atomic mass is 10.1. The zero-order valence-electron chi connectivity index (χ0n) is 10.7. The van der Waals surface area contributed by atoms with Crippen LogP contribution in [0.3, 0.4) is 0 Å². The first kappa shape index (κ1) is 15.0. The molecule has 0 aromatic heterocycles. The molecule has 0 aliphatic heterocycles. The van der Waals surface area contributed by atoms with E-state index in [-0.39, 0.29) is 11.9 Å². The molecule has 1 amide bonds. The predicted octanol–water partition coefficient (Wildman–Crippen LogP) is 3.27. The Morgan fingerprint density at radius 2 is 1.81 bits per heavy atom. The van der Waals surface area contributed by atoms with Crippen LogP contribution in [0.1, 0.15) is 65.2 Å². The third-order valence-corrected chi connectivity index (χ3v) is 2.70. The maximum Gasteiger partial charge on any atom is 0.220 e. The van der Waals surface area contributed by atoms with Crippen molar-refractivity contribution < 1.29 is 4.79 Å². The van der Waals surface area contributed by atoms with E-state index >= 15 is 0 Å². The fourth-order valence-corrected chi connectivity index (χ4v) is 1.59. The Balaban J connectivity index is 3.41. The molecule has 0 heterocycles. The highest BCUT2D eigenvalue weighted by molar-refractivity contribution is 5.76. The summed E-state index contributed by atoms with van der Waals surface area (Å²) >= 11 is 0. The Morgan fingerprint density at radius 1 is 1.19 bits per heavy atom. The van der Waals surface area contributed by atoms with Gasteiger partial charge in [-0.15, -0.1) is 6.42 Å². The van der Waals surface area contributed by atoms with E-state index in [1.165, 1.54) is 25.7 Å². The van der Waals surface area contributed by atoms with E-state index in [9.17, 15) is 4.79 Å². The third-order valence-electron chi connectivity index (χ3n) is 2.70. The molecule has 2 nitrogen and oxygen atoms in total. The van der Waals surface area contributed by atoms with E-state index in [1.807, 2.05) is 6.92 Å². The fraction of sp³-hybridized carbons (Fsp3) is 0.786. The number of hydrogen-bond acceptors (Lipinski definition) is 1. The maximum atomic E-state index is 11.5. The molecule has 0 rings (SSSR count). The smallest absolute Gasteiger partial charge is 0.220 e. The Hall–Kier alpha value is -0.970. The highest BCUT2D eigenvalue weighted by Crippen LogP contribution is 2.06. The van der Waals surface area contributed by atoms with Crippen molar-refractivity contribution in [3.8, 4) is 12.3 Å². The largest absolute Gasteiger partial charge is 0.342 e. The lowest BCUT2D eigenvalue weighted by molar-refractivity contribution is -0.121. The summed E-state index contributed by atoms with van der Waals surface area (Å²) in [4.78, 5) is 11.5. The van der Waals surface area contributed by atoms with E-state index in [4.69, 9.17) is 6.42 Å². The van der Waals surface area contributed by atoms with Gasteiger partial charge in [-0.25, -0.2) is 0 Å². The standard InChI is InChI=1S/C14H25NO/c1-4-7-8-9-10-11-12-14(16)15-13(5-2)6-3/h2,13H,4,6-12H2,1,3H3,(H,15,16). The van der Waals surface area contributed by atoms with Gasteiger partial charge in [0.15, 0.2) is 0 Å². The summed E-state index contributed by atoms with van der Waals surface area (Å²) in [5.41, 5.74) is 0. The lowest BCUT2D eigenvalue weighted by Crippen LogP contribution is -2.32. The highest BCUT2D eigenvalue weighted by Gasteiger charge is 2.06. The van der Waals surface area contributed by atoms with Crippen LogP contribution in [-0.4, -0.2) is 11.9 Å². The van der Waals surface area contributed by atoms with Crippen LogP contribution in [0.2, 0.25) is 0 Å². The molecule has 0 spiro atoms. The molecule has 0 aliphatic rings. The Kier molecular flexibility index (Phi) is 9.91. The van der Waals surface area contributed by atoms with Gasteiger partial charge >= 0.3 is 0 Å². The molecule has 92 valence electrons. The van der Waals surface area contributed by atoms with E-state index in [2.05, 4.69) is 18.2 Å². The minimum atomic E-state index is -0.0902. The molecule has 2 heteroatoms. The van der Waals surface area contributed by atoms with Crippen LogP contribution in [-0.2, 0) is 4.79 Å². The first-order valence-electron chi connectivity index (χ1n) is 6.50. The molecule has 0 saturated carbocycles. The number of carbonyl (C=O) groups excluding carboxylic acids is 1. The van der Waals surface area contributed by atoms with Crippen molar-refractivity contribution in [3.05, 3.63) is 0 Å². The molecular weight excluding hydrogens is 198 g/mol. The number of amides is 1. The normalized spacial score (nSPS) is 11.8. The number of hydrogen-bond donors (Lipinski definition) is 1. The van der Waals surface area contributed by atoms with Crippen molar-refractivity contribution in [2.75, 3.05) is 0 Å². The average molecular weight is 223 g/mol. The second-order valence-corrected chi connectivity index (χ2v) is 4.21. The summed E-state index contributed by atoms with van der Waals surface area (Å²) in [6.45, 7) is 4.19. The van der Waals surface area contributed by atoms with Crippen LogP contribution in [0.25, 0.3) is 0 Å². The van der Waals surface area contributed by atoms with Crippen LogP contribution >= 0.6 is 0 Å². The molecule has 1 N–H and O–H groups in total. The molecule has 0 saturated heterocycles. The van der Waals surface area contributed by atoms with Crippen molar-refractivity contribution in [2.45, 2.75) is 71.3 Å². The summed E-state index contributed by atoms with van der Waals surface area (Å²) in [5, 5.41) is 2.84. The molecule has 0 bridgehead atoms. The van der Waals surface area contributed by atoms with Gasteiger partial charge in [0.1, 0.15) is 0 Å². The first-order valence-corrected chi connectivity index (χ1v) is 6.50. The zero-order valence-corrected chi connectivity index (χ0v) is 10.7. The van der Waals surface area contributed by atoms with E-state index < -0.39 is 0 Å². The predicted molar refractivity (Wildman–Crippen MR) is 69.0 cm³/mol. The maximum absolute atomic E-state index is 11.5. The second kappa shape index (κ2) is 10.5. The fourth-order valence-electron chi connectivity index (χ4n) is 1.59. The van der Waals surface area contributed by atoms with Gasteiger partial charge < -0.3 is 5.32 Å². The average Bonchev–Trinajstić information content (AvgIpc) is 2.30.